The van der Waals surface area contributed by atoms with Gasteiger partial charge < -0.3 is 10.3 Å². The van der Waals surface area contributed by atoms with Crippen molar-refractivity contribution in [2.24, 2.45) is 0 Å². The van der Waals surface area contributed by atoms with E-state index < -0.39 is 0 Å². The Morgan fingerprint density at radius 2 is 2.05 bits per heavy atom. The number of nitrogens with zero attached hydrogens (tertiary/aromatic N) is 2. The van der Waals surface area contributed by atoms with E-state index in [-0.39, 0.29) is 0 Å². The summed E-state index contributed by atoms with van der Waals surface area (Å²) in [6.45, 7) is 0.895. The van der Waals surface area contributed by atoms with Crippen LogP contribution in [0, 0.1) is 0 Å². The highest BCUT2D eigenvalue weighted by atomic mass is 15.0. The molecule has 2 N–H and O–H groups in total. The Morgan fingerprint density at radius 1 is 1.11 bits per heavy atom. The summed E-state index contributed by atoms with van der Waals surface area (Å²) in [6.07, 6.45) is 5.62. The van der Waals surface area contributed by atoms with Crippen molar-refractivity contribution in [2.75, 3.05) is 11.9 Å². The van der Waals surface area contributed by atoms with Crippen molar-refractivity contribution >= 4 is 16.7 Å². The maximum Gasteiger partial charge on any atom is 0.126 e. The van der Waals surface area contributed by atoms with Crippen molar-refractivity contribution in [3.05, 3.63) is 54.6 Å². The number of pyridine rings is 1. The number of hydrogen-bond donors (Lipinski definition) is 2. The quantitative estimate of drug-likeness (QED) is 0.686. The van der Waals surface area contributed by atoms with E-state index in [1.807, 2.05) is 30.5 Å². The molecule has 19 heavy (non-hydrogen) atoms. The maximum atomic E-state index is 4.58. The number of nitrogens with one attached hydrogen (secondary N) is 2. The van der Waals surface area contributed by atoms with Crippen LogP contribution in [0.2, 0.25) is 0 Å². The third kappa shape index (κ3) is 2.91. The number of anilines is 1. The van der Waals surface area contributed by atoms with E-state index in [4.69, 9.17) is 0 Å². The molecule has 3 rings (SSSR count). The predicted molar refractivity (Wildman–Crippen MR) is 77.1 cm³/mol. The van der Waals surface area contributed by atoms with Crippen LogP contribution in [0.1, 0.15) is 12.2 Å². The third-order valence-corrected chi connectivity index (χ3v) is 3.05. The third-order valence-electron chi connectivity index (χ3n) is 3.05. The van der Waals surface area contributed by atoms with Crippen LogP contribution in [0.5, 0.6) is 0 Å². The summed E-state index contributed by atoms with van der Waals surface area (Å²) in [6, 6.07) is 12.3. The molecule has 4 nitrogen and oxygen atoms in total. The standard InChI is InChI=1S/C15H16N4/c1-2-5-13-12(4-1)7-8-15(19-13)16-9-3-6-14-17-10-11-18-14/h1-2,4-5,7-8,10-11H,3,6,9H2,(H,16,19)(H,17,18). The van der Waals surface area contributed by atoms with E-state index in [0.29, 0.717) is 0 Å². The van der Waals surface area contributed by atoms with Gasteiger partial charge in [-0.05, 0) is 24.6 Å². The normalized spacial score (nSPS) is 10.7. The molecule has 1 aromatic carbocycles. The SMILES string of the molecule is c1ccc2nc(NCCCc3ncc[nH]3)ccc2c1. The zero-order valence-electron chi connectivity index (χ0n) is 10.6. The fourth-order valence-corrected chi connectivity index (χ4v) is 2.07. The minimum absolute atomic E-state index is 0.895. The molecule has 0 radical (unpaired) electrons. The Balaban J connectivity index is 1.56. The number of aromatic nitrogens is 3. The molecule has 0 aliphatic heterocycles. The van der Waals surface area contributed by atoms with Crippen LogP contribution in [0.15, 0.2) is 48.8 Å². The number of rotatable bonds is 5. The Morgan fingerprint density at radius 3 is 2.95 bits per heavy atom. The monoisotopic (exact) mass is 252 g/mol. The van der Waals surface area contributed by atoms with Crippen molar-refractivity contribution in [1.29, 1.82) is 0 Å². The van der Waals surface area contributed by atoms with Gasteiger partial charge in [-0.15, -0.1) is 0 Å². The molecule has 0 amide bonds. The lowest BCUT2D eigenvalue weighted by molar-refractivity contribution is 0.814. The first-order valence-corrected chi connectivity index (χ1v) is 6.50. The van der Waals surface area contributed by atoms with Gasteiger partial charge in [-0.2, -0.15) is 0 Å². The second-order valence-electron chi connectivity index (χ2n) is 4.46. The van der Waals surface area contributed by atoms with Crippen LogP contribution in [0.25, 0.3) is 10.9 Å². The zero-order valence-corrected chi connectivity index (χ0v) is 10.6. The molecule has 0 aliphatic carbocycles. The van der Waals surface area contributed by atoms with Crippen molar-refractivity contribution in [3.8, 4) is 0 Å². The lowest BCUT2D eigenvalue weighted by Crippen LogP contribution is -2.05. The van der Waals surface area contributed by atoms with Gasteiger partial charge in [-0.25, -0.2) is 9.97 Å². The highest BCUT2D eigenvalue weighted by Gasteiger charge is 1.98. The average molecular weight is 252 g/mol. The van der Waals surface area contributed by atoms with E-state index in [9.17, 15) is 0 Å². The molecule has 0 bridgehead atoms. The Labute approximate surface area is 111 Å². The van der Waals surface area contributed by atoms with Crippen LogP contribution in [-0.2, 0) is 6.42 Å². The molecule has 96 valence electrons. The van der Waals surface area contributed by atoms with Crippen molar-refractivity contribution in [1.82, 2.24) is 15.0 Å². The first-order chi connectivity index (χ1) is 9.42. The summed E-state index contributed by atoms with van der Waals surface area (Å²) >= 11 is 0. The number of benzene rings is 1. The lowest BCUT2D eigenvalue weighted by Gasteiger charge is -2.06. The molecule has 3 aromatic rings. The van der Waals surface area contributed by atoms with E-state index in [1.54, 1.807) is 6.20 Å². The molecule has 0 unspecified atom stereocenters. The van der Waals surface area contributed by atoms with Crippen LogP contribution in [0.4, 0.5) is 5.82 Å². The van der Waals surface area contributed by atoms with Crippen LogP contribution in [0.3, 0.4) is 0 Å². The first kappa shape index (κ1) is 11.7. The summed E-state index contributed by atoms with van der Waals surface area (Å²) < 4.78 is 0. The van der Waals surface area contributed by atoms with Crippen LogP contribution >= 0.6 is 0 Å². The molecular weight excluding hydrogens is 236 g/mol. The number of aromatic amines is 1. The predicted octanol–water partition coefficient (Wildman–Crippen LogP) is 3.00. The Hall–Kier alpha value is -2.36. The van der Waals surface area contributed by atoms with E-state index in [2.05, 4.69) is 32.4 Å². The van der Waals surface area contributed by atoms with Crippen molar-refractivity contribution in [2.45, 2.75) is 12.8 Å². The maximum absolute atomic E-state index is 4.58. The van der Waals surface area contributed by atoms with Gasteiger partial charge in [0, 0.05) is 30.7 Å². The number of fused-ring (bicyclic) bond motifs is 1. The largest absolute Gasteiger partial charge is 0.370 e. The number of aryl methyl sites for hydroxylation is 1. The molecule has 0 spiro atoms. The van der Waals surface area contributed by atoms with Gasteiger partial charge in [0.1, 0.15) is 11.6 Å². The molecule has 4 heteroatoms. The fourth-order valence-electron chi connectivity index (χ4n) is 2.07. The molecule has 2 heterocycles. The lowest BCUT2D eigenvalue weighted by atomic mass is 10.2. The van der Waals surface area contributed by atoms with Gasteiger partial charge in [-0.3, -0.25) is 0 Å². The Bertz CT molecular complexity index is 646. The highest BCUT2D eigenvalue weighted by molar-refractivity contribution is 5.79. The smallest absolute Gasteiger partial charge is 0.126 e. The van der Waals surface area contributed by atoms with E-state index >= 15 is 0 Å². The van der Waals surface area contributed by atoms with Gasteiger partial charge in [0.05, 0.1) is 5.52 Å². The molecule has 0 saturated carbocycles. The van der Waals surface area contributed by atoms with Crippen molar-refractivity contribution in [3.63, 3.8) is 0 Å². The summed E-state index contributed by atoms with van der Waals surface area (Å²) in [5.41, 5.74) is 1.03. The topological polar surface area (TPSA) is 53.6 Å². The number of imidazole rings is 1. The molecule has 2 aromatic heterocycles. The Kier molecular flexibility index (Phi) is 3.40. The summed E-state index contributed by atoms with van der Waals surface area (Å²) in [5, 5.41) is 4.52. The van der Waals surface area contributed by atoms with Gasteiger partial charge in [0.2, 0.25) is 0 Å². The van der Waals surface area contributed by atoms with Gasteiger partial charge >= 0.3 is 0 Å². The van der Waals surface area contributed by atoms with E-state index in [1.165, 1.54) is 5.39 Å². The van der Waals surface area contributed by atoms with Gasteiger partial charge in [0.25, 0.3) is 0 Å². The minimum atomic E-state index is 0.895. The summed E-state index contributed by atoms with van der Waals surface area (Å²) in [4.78, 5) is 11.9. The number of H-pyrrole nitrogens is 1. The van der Waals surface area contributed by atoms with Crippen LogP contribution in [-0.4, -0.2) is 21.5 Å². The second-order valence-corrected chi connectivity index (χ2v) is 4.46. The molecular formula is C15H16N4. The minimum Gasteiger partial charge on any atom is -0.370 e. The van der Waals surface area contributed by atoms with Crippen LogP contribution < -0.4 is 5.32 Å². The second kappa shape index (κ2) is 5.52. The molecule has 0 fully saturated rings. The average Bonchev–Trinajstić information content (AvgIpc) is 2.97. The first-order valence-electron chi connectivity index (χ1n) is 6.50. The highest BCUT2D eigenvalue weighted by Crippen LogP contribution is 2.14. The van der Waals surface area contributed by atoms with Crippen molar-refractivity contribution < 1.29 is 0 Å². The molecule has 0 atom stereocenters. The van der Waals surface area contributed by atoms with E-state index in [0.717, 1.165) is 36.5 Å². The summed E-state index contributed by atoms with van der Waals surface area (Å²) in [7, 11) is 0. The summed E-state index contributed by atoms with van der Waals surface area (Å²) in [5.74, 6) is 1.96. The fraction of sp³-hybridized carbons (Fsp3) is 0.200. The number of hydrogen-bond acceptors (Lipinski definition) is 3. The van der Waals surface area contributed by atoms with Gasteiger partial charge in [-0.1, -0.05) is 18.2 Å². The van der Waals surface area contributed by atoms with Gasteiger partial charge in [0.15, 0.2) is 0 Å². The zero-order chi connectivity index (χ0) is 12.9. The molecule has 0 aliphatic rings. The molecule has 0 saturated heterocycles. The number of para-hydroxylation sites is 1.